The van der Waals surface area contributed by atoms with Crippen LogP contribution >= 0.6 is 0 Å². The van der Waals surface area contributed by atoms with E-state index in [2.05, 4.69) is 9.97 Å². The summed E-state index contributed by atoms with van der Waals surface area (Å²) in [4.78, 5) is 9.74. The molecule has 0 radical (unpaired) electrons. The summed E-state index contributed by atoms with van der Waals surface area (Å²) in [6.45, 7) is 4.81. The van der Waals surface area contributed by atoms with E-state index in [0.717, 1.165) is 5.56 Å². The Hall–Kier alpha value is -2.17. The first-order chi connectivity index (χ1) is 9.11. The second kappa shape index (κ2) is 5.65. The second-order valence-electron chi connectivity index (χ2n) is 4.36. The van der Waals surface area contributed by atoms with Gasteiger partial charge >= 0.3 is 0 Å². The molecule has 0 spiro atoms. The van der Waals surface area contributed by atoms with Crippen LogP contribution in [0.5, 0.6) is 0 Å². The molecule has 0 unspecified atom stereocenters. The van der Waals surface area contributed by atoms with Gasteiger partial charge in [0.2, 0.25) is 0 Å². The molecule has 0 fully saturated rings. The average molecular weight is 260 g/mol. The van der Waals surface area contributed by atoms with Crippen molar-refractivity contribution in [1.29, 1.82) is 0 Å². The lowest BCUT2D eigenvalue weighted by molar-refractivity contribution is 0.591. The average Bonchev–Trinajstić information content (AvgIpc) is 2.40. The number of nitrogens with zero attached hydrogens (tertiary/aromatic N) is 3. The molecule has 0 aliphatic rings. The molecule has 0 aliphatic heterocycles. The van der Waals surface area contributed by atoms with Crippen molar-refractivity contribution in [3.63, 3.8) is 0 Å². The van der Waals surface area contributed by atoms with Crippen molar-refractivity contribution in [3.05, 3.63) is 47.7 Å². The zero-order valence-electron chi connectivity index (χ0n) is 11.1. The van der Waals surface area contributed by atoms with Crippen LogP contribution in [-0.2, 0) is 6.54 Å². The lowest BCUT2D eigenvalue weighted by atomic mass is 10.2. The van der Waals surface area contributed by atoms with Gasteiger partial charge in [-0.05, 0) is 31.5 Å². The van der Waals surface area contributed by atoms with Crippen LogP contribution in [-0.4, -0.2) is 16.5 Å². The number of aryl methyl sites for hydroxylation is 1. The van der Waals surface area contributed by atoms with Crippen molar-refractivity contribution in [2.45, 2.75) is 20.4 Å². The third kappa shape index (κ3) is 2.99. The normalized spacial score (nSPS) is 10.5. The Morgan fingerprint density at radius 3 is 2.79 bits per heavy atom. The Morgan fingerprint density at radius 1 is 1.32 bits per heavy atom. The molecule has 2 aromatic rings. The van der Waals surface area contributed by atoms with Crippen LogP contribution in [0.25, 0.3) is 0 Å². The number of benzene rings is 1. The van der Waals surface area contributed by atoms with Gasteiger partial charge in [0.1, 0.15) is 6.33 Å². The summed E-state index contributed by atoms with van der Waals surface area (Å²) in [6, 6.07) is 7.56. The Bertz CT molecular complexity index is 571. The molecule has 2 N–H and O–H groups in total. The molecule has 0 saturated heterocycles. The van der Waals surface area contributed by atoms with Crippen LogP contribution in [0.1, 0.15) is 18.2 Å². The molecule has 4 nitrogen and oxygen atoms in total. The minimum absolute atomic E-state index is 0.331. The van der Waals surface area contributed by atoms with E-state index >= 15 is 0 Å². The van der Waals surface area contributed by atoms with Crippen molar-refractivity contribution < 1.29 is 4.39 Å². The van der Waals surface area contributed by atoms with Crippen molar-refractivity contribution in [3.8, 4) is 0 Å². The van der Waals surface area contributed by atoms with Gasteiger partial charge in [0, 0.05) is 18.8 Å². The van der Waals surface area contributed by atoms with Crippen molar-refractivity contribution in [2.24, 2.45) is 0 Å². The number of nitrogens with two attached hydrogens (primary N) is 1. The molecular weight excluding hydrogens is 243 g/mol. The predicted molar refractivity (Wildman–Crippen MR) is 74.3 cm³/mol. The lowest BCUT2D eigenvalue weighted by Crippen LogP contribution is -2.24. The third-order valence-electron chi connectivity index (χ3n) is 2.95. The number of rotatable bonds is 4. The summed E-state index contributed by atoms with van der Waals surface area (Å²) < 4.78 is 14.0. The minimum atomic E-state index is -0.367. The molecular formula is C14H17FN4. The Balaban J connectivity index is 2.28. The first-order valence-corrected chi connectivity index (χ1v) is 6.18. The van der Waals surface area contributed by atoms with Crippen molar-refractivity contribution in [1.82, 2.24) is 9.97 Å². The van der Waals surface area contributed by atoms with E-state index in [9.17, 15) is 4.39 Å². The van der Waals surface area contributed by atoms with E-state index in [1.54, 1.807) is 6.92 Å². The van der Waals surface area contributed by atoms with Crippen LogP contribution in [0.4, 0.5) is 15.9 Å². The van der Waals surface area contributed by atoms with Gasteiger partial charge in [-0.3, -0.25) is 0 Å². The monoisotopic (exact) mass is 260 g/mol. The van der Waals surface area contributed by atoms with Crippen LogP contribution in [0.3, 0.4) is 0 Å². The number of halogens is 1. The Kier molecular flexibility index (Phi) is 3.94. The fraction of sp³-hybridized carbons (Fsp3) is 0.286. The molecule has 0 aliphatic carbocycles. The molecule has 100 valence electrons. The molecule has 19 heavy (non-hydrogen) atoms. The number of hydrogen-bond acceptors (Lipinski definition) is 4. The van der Waals surface area contributed by atoms with Crippen molar-refractivity contribution in [2.75, 3.05) is 17.2 Å². The molecule has 0 atom stereocenters. The highest BCUT2D eigenvalue weighted by atomic mass is 19.1. The van der Waals surface area contributed by atoms with Gasteiger partial charge in [-0.25, -0.2) is 14.4 Å². The SMILES string of the molecule is CCN(Cc1cccc(N)c1)c1ncnc(C)c1F. The number of aromatic nitrogens is 2. The standard InChI is InChI=1S/C14H17FN4/c1-3-19(8-11-5-4-6-12(16)7-11)14-13(15)10(2)17-9-18-14/h4-7,9H,3,8,16H2,1-2H3. The maximum Gasteiger partial charge on any atom is 0.186 e. The number of nitrogen functional groups attached to an aromatic ring is 1. The lowest BCUT2D eigenvalue weighted by Gasteiger charge is -2.22. The van der Waals surface area contributed by atoms with Gasteiger partial charge in [0.05, 0.1) is 5.69 Å². The molecule has 5 heteroatoms. The summed E-state index contributed by atoms with van der Waals surface area (Å²) in [5.41, 5.74) is 7.83. The largest absolute Gasteiger partial charge is 0.399 e. The highest BCUT2D eigenvalue weighted by Crippen LogP contribution is 2.20. The topological polar surface area (TPSA) is 55.0 Å². The zero-order chi connectivity index (χ0) is 13.8. The highest BCUT2D eigenvalue weighted by molar-refractivity contribution is 5.45. The molecule has 0 bridgehead atoms. The van der Waals surface area contributed by atoms with Gasteiger partial charge < -0.3 is 10.6 Å². The van der Waals surface area contributed by atoms with E-state index in [0.29, 0.717) is 30.3 Å². The highest BCUT2D eigenvalue weighted by Gasteiger charge is 2.14. The molecule has 0 amide bonds. The van der Waals surface area contributed by atoms with Gasteiger partial charge in [-0.1, -0.05) is 12.1 Å². The summed E-state index contributed by atoms with van der Waals surface area (Å²) in [6.07, 6.45) is 1.38. The van der Waals surface area contributed by atoms with E-state index in [1.807, 2.05) is 36.1 Å². The maximum atomic E-state index is 14.0. The van der Waals surface area contributed by atoms with Crippen LogP contribution in [0.2, 0.25) is 0 Å². The van der Waals surface area contributed by atoms with Gasteiger partial charge in [0.25, 0.3) is 0 Å². The summed E-state index contributed by atoms with van der Waals surface area (Å²) in [5.74, 6) is -0.0364. The quantitative estimate of drug-likeness (QED) is 0.858. The first kappa shape index (κ1) is 13.3. The third-order valence-corrected chi connectivity index (χ3v) is 2.95. The smallest absolute Gasteiger partial charge is 0.186 e. The van der Waals surface area contributed by atoms with Crippen LogP contribution in [0, 0.1) is 12.7 Å². The van der Waals surface area contributed by atoms with E-state index in [4.69, 9.17) is 5.73 Å². The van der Waals surface area contributed by atoms with E-state index in [-0.39, 0.29) is 5.82 Å². The molecule has 1 aromatic heterocycles. The number of anilines is 2. The zero-order valence-corrected chi connectivity index (χ0v) is 11.1. The number of hydrogen-bond donors (Lipinski definition) is 1. The van der Waals surface area contributed by atoms with Gasteiger partial charge in [-0.15, -0.1) is 0 Å². The fourth-order valence-electron chi connectivity index (χ4n) is 1.91. The Morgan fingerprint density at radius 2 is 2.11 bits per heavy atom. The van der Waals surface area contributed by atoms with Crippen molar-refractivity contribution >= 4 is 11.5 Å². The molecule has 2 rings (SSSR count). The minimum Gasteiger partial charge on any atom is -0.399 e. The first-order valence-electron chi connectivity index (χ1n) is 6.18. The molecule has 0 saturated carbocycles. The van der Waals surface area contributed by atoms with E-state index < -0.39 is 0 Å². The van der Waals surface area contributed by atoms with E-state index in [1.165, 1.54) is 6.33 Å². The van der Waals surface area contributed by atoms with Crippen LogP contribution in [0.15, 0.2) is 30.6 Å². The fourth-order valence-corrected chi connectivity index (χ4v) is 1.91. The van der Waals surface area contributed by atoms with Gasteiger partial charge in [0.15, 0.2) is 11.6 Å². The molecule has 1 aromatic carbocycles. The second-order valence-corrected chi connectivity index (χ2v) is 4.36. The molecule has 1 heterocycles. The summed E-state index contributed by atoms with van der Waals surface area (Å²) in [5, 5.41) is 0. The van der Waals surface area contributed by atoms with Gasteiger partial charge in [-0.2, -0.15) is 0 Å². The predicted octanol–water partition coefficient (Wildman–Crippen LogP) is 2.53. The maximum absolute atomic E-state index is 14.0. The summed E-state index contributed by atoms with van der Waals surface area (Å²) >= 11 is 0. The Labute approximate surface area is 112 Å². The summed E-state index contributed by atoms with van der Waals surface area (Å²) in [7, 11) is 0. The van der Waals surface area contributed by atoms with Crippen LogP contribution < -0.4 is 10.6 Å².